The SMILES string of the molecule is CC[C@H](N=C(c1ccccc1)c1ccccc1NC(=O)[C@H](C)NC(C)(C)C)C(=O)O. The van der Waals surface area contributed by atoms with Crippen molar-refractivity contribution >= 4 is 23.3 Å². The molecule has 0 unspecified atom stereocenters. The van der Waals surface area contributed by atoms with Crippen LogP contribution in [0, 0.1) is 0 Å². The zero-order chi connectivity index (χ0) is 22.3. The Morgan fingerprint density at radius 2 is 1.63 bits per heavy atom. The maximum atomic E-state index is 12.8. The Balaban J connectivity index is 2.47. The number of aliphatic carboxylic acids is 1. The van der Waals surface area contributed by atoms with Crippen LogP contribution >= 0.6 is 0 Å². The molecule has 6 heteroatoms. The lowest BCUT2D eigenvalue weighted by Gasteiger charge is -2.25. The number of hydrogen-bond donors (Lipinski definition) is 3. The normalized spacial score (nSPS) is 14.1. The molecule has 2 aromatic carbocycles. The first kappa shape index (κ1) is 23.3. The van der Waals surface area contributed by atoms with E-state index in [9.17, 15) is 14.7 Å². The van der Waals surface area contributed by atoms with Gasteiger partial charge >= 0.3 is 5.97 Å². The van der Waals surface area contributed by atoms with Gasteiger partial charge in [-0.1, -0.05) is 55.5 Å². The Labute approximate surface area is 178 Å². The number of anilines is 1. The minimum Gasteiger partial charge on any atom is -0.480 e. The Kier molecular flexibility index (Phi) is 7.89. The van der Waals surface area contributed by atoms with Gasteiger partial charge in [0, 0.05) is 16.7 Å². The molecule has 0 bridgehead atoms. The Morgan fingerprint density at radius 1 is 1.03 bits per heavy atom. The van der Waals surface area contributed by atoms with Crippen molar-refractivity contribution in [2.24, 2.45) is 4.99 Å². The van der Waals surface area contributed by atoms with Crippen LogP contribution in [0.5, 0.6) is 0 Å². The molecule has 0 spiro atoms. The van der Waals surface area contributed by atoms with E-state index in [-0.39, 0.29) is 11.4 Å². The van der Waals surface area contributed by atoms with Crippen LogP contribution in [0.1, 0.15) is 52.2 Å². The summed E-state index contributed by atoms with van der Waals surface area (Å²) < 4.78 is 0. The molecule has 0 fully saturated rings. The van der Waals surface area contributed by atoms with Gasteiger partial charge in [-0.3, -0.25) is 9.79 Å². The fraction of sp³-hybridized carbons (Fsp3) is 0.375. The smallest absolute Gasteiger partial charge is 0.328 e. The Hall–Kier alpha value is -2.99. The molecular weight excluding hydrogens is 378 g/mol. The minimum atomic E-state index is -0.976. The lowest BCUT2D eigenvalue weighted by Crippen LogP contribution is -2.48. The molecule has 3 N–H and O–H groups in total. The first-order valence-corrected chi connectivity index (χ1v) is 10.2. The van der Waals surface area contributed by atoms with Crippen LogP contribution in [0.3, 0.4) is 0 Å². The first-order chi connectivity index (χ1) is 14.1. The number of amides is 1. The van der Waals surface area contributed by atoms with Crippen LogP contribution < -0.4 is 10.6 Å². The number of rotatable bonds is 8. The molecule has 2 aromatic rings. The van der Waals surface area contributed by atoms with Gasteiger partial charge in [0.25, 0.3) is 0 Å². The molecule has 0 aliphatic heterocycles. The van der Waals surface area contributed by atoms with Crippen LogP contribution in [0.15, 0.2) is 59.6 Å². The van der Waals surface area contributed by atoms with Crippen LogP contribution in [-0.4, -0.2) is 40.3 Å². The molecule has 0 heterocycles. The highest BCUT2D eigenvalue weighted by Gasteiger charge is 2.22. The average molecular weight is 410 g/mol. The fourth-order valence-corrected chi connectivity index (χ4v) is 3.13. The lowest BCUT2D eigenvalue weighted by molar-refractivity contribution is -0.138. The molecule has 0 radical (unpaired) electrons. The Morgan fingerprint density at radius 3 is 2.20 bits per heavy atom. The summed E-state index contributed by atoms with van der Waals surface area (Å²) in [6, 6.07) is 15.5. The van der Waals surface area contributed by atoms with Crippen molar-refractivity contribution in [1.29, 1.82) is 0 Å². The predicted molar refractivity (Wildman–Crippen MR) is 121 cm³/mol. The van der Waals surface area contributed by atoms with Crippen LogP contribution in [-0.2, 0) is 9.59 Å². The van der Waals surface area contributed by atoms with E-state index in [4.69, 9.17) is 0 Å². The molecule has 2 rings (SSSR count). The van der Waals surface area contributed by atoms with Crippen molar-refractivity contribution in [3.05, 3.63) is 65.7 Å². The molecule has 6 nitrogen and oxygen atoms in total. The third-order valence-corrected chi connectivity index (χ3v) is 4.49. The van der Waals surface area contributed by atoms with Gasteiger partial charge in [-0.2, -0.15) is 0 Å². The second-order valence-electron chi connectivity index (χ2n) is 8.26. The average Bonchev–Trinajstić information content (AvgIpc) is 2.68. The molecule has 1 amide bonds. The molecule has 0 aliphatic carbocycles. The highest BCUT2D eigenvalue weighted by Crippen LogP contribution is 2.22. The number of carboxylic acid groups (broad SMARTS) is 1. The van der Waals surface area contributed by atoms with E-state index in [0.717, 1.165) is 5.56 Å². The van der Waals surface area contributed by atoms with Gasteiger partial charge < -0.3 is 15.7 Å². The van der Waals surface area contributed by atoms with Crippen molar-refractivity contribution in [3.63, 3.8) is 0 Å². The second-order valence-corrected chi connectivity index (χ2v) is 8.26. The van der Waals surface area contributed by atoms with Gasteiger partial charge in [-0.05, 0) is 40.2 Å². The van der Waals surface area contributed by atoms with Crippen molar-refractivity contribution in [3.8, 4) is 0 Å². The quantitative estimate of drug-likeness (QED) is 0.573. The first-order valence-electron chi connectivity index (χ1n) is 10.2. The third kappa shape index (κ3) is 6.52. The molecule has 0 aliphatic rings. The number of nitrogens with one attached hydrogen (secondary N) is 2. The fourth-order valence-electron chi connectivity index (χ4n) is 3.13. The van der Waals surface area contributed by atoms with E-state index in [1.165, 1.54) is 0 Å². The van der Waals surface area contributed by atoms with Gasteiger partial charge in [-0.15, -0.1) is 0 Å². The van der Waals surface area contributed by atoms with Crippen LogP contribution in [0.2, 0.25) is 0 Å². The van der Waals surface area contributed by atoms with Crippen molar-refractivity contribution < 1.29 is 14.7 Å². The summed E-state index contributed by atoms with van der Waals surface area (Å²) in [5.41, 5.74) is 2.40. The molecule has 160 valence electrons. The number of carbonyl (C=O) groups excluding carboxylic acids is 1. The summed E-state index contributed by atoms with van der Waals surface area (Å²) in [5, 5.41) is 15.8. The highest BCUT2D eigenvalue weighted by atomic mass is 16.4. The topological polar surface area (TPSA) is 90.8 Å². The highest BCUT2D eigenvalue weighted by molar-refractivity contribution is 6.17. The number of carbonyl (C=O) groups is 2. The molecule has 0 saturated heterocycles. The van der Waals surface area contributed by atoms with Crippen molar-refractivity contribution in [1.82, 2.24) is 5.32 Å². The zero-order valence-electron chi connectivity index (χ0n) is 18.3. The summed E-state index contributed by atoms with van der Waals surface area (Å²) in [7, 11) is 0. The predicted octanol–water partition coefficient (Wildman–Crippen LogP) is 4.10. The summed E-state index contributed by atoms with van der Waals surface area (Å²) in [4.78, 5) is 29.0. The summed E-state index contributed by atoms with van der Waals surface area (Å²) >= 11 is 0. The van der Waals surface area contributed by atoms with Gasteiger partial charge in [0.1, 0.15) is 6.04 Å². The standard InChI is InChI=1S/C24H31N3O3/c1-6-19(23(29)30)25-21(17-12-8-7-9-13-17)18-14-10-11-15-20(18)26-22(28)16(2)27-24(3,4)5/h7-16,19,27H,6H2,1-5H3,(H,26,28)(H,29,30)/t16-,19-/m0/s1. The largest absolute Gasteiger partial charge is 0.480 e. The zero-order valence-corrected chi connectivity index (χ0v) is 18.3. The van der Waals surface area contributed by atoms with Crippen LogP contribution in [0.4, 0.5) is 5.69 Å². The lowest BCUT2D eigenvalue weighted by atomic mass is 9.99. The van der Waals surface area contributed by atoms with E-state index in [1.54, 1.807) is 13.0 Å². The van der Waals surface area contributed by atoms with Gasteiger partial charge in [-0.25, -0.2) is 4.79 Å². The van der Waals surface area contributed by atoms with E-state index in [0.29, 0.717) is 23.4 Å². The Bertz CT molecular complexity index is 901. The van der Waals surface area contributed by atoms with E-state index < -0.39 is 18.1 Å². The van der Waals surface area contributed by atoms with Crippen molar-refractivity contribution in [2.45, 2.75) is 58.7 Å². The third-order valence-electron chi connectivity index (χ3n) is 4.49. The number of para-hydroxylation sites is 1. The van der Waals surface area contributed by atoms with E-state index in [1.807, 2.05) is 76.2 Å². The number of carboxylic acids is 1. The van der Waals surface area contributed by atoms with E-state index >= 15 is 0 Å². The monoisotopic (exact) mass is 409 g/mol. The maximum absolute atomic E-state index is 12.8. The van der Waals surface area contributed by atoms with Crippen LogP contribution in [0.25, 0.3) is 0 Å². The molecule has 30 heavy (non-hydrogen) atoms. The number of nitrogens with zero attached hydrogens (tertiary/aromatic N) is 1. The molecule has 0 aromatic heterocycles. The number of benzene rings is 2. The maximum Gasteiger partial charge on any atom is 0.328 e. The summed E-state index contributed by atoms with van der Waals surface area (Å²) in [5.74, 6) is -1.15. The summed E-state index contributed by atoms with van der Waals surface area (Å²) in [6.07, 6.45) is 0.368. The molecule has 2 atom stereocenters. The minimum absolute atomic E-state index is 0.171. The van der Waals surface area contributed by atoms with E-state index in [2.05, 4.69) is 15.6 Å². The van der Waals surface area contributed by atoms with Gasteiger partial charge in [0.15, 0.2) is 0 Å². The molecule has 0 saturated carbocycles. The van der Waals surface area contributed by atoms with Gasteiger partial charge in [0.05, 0.1) is 17.4 Å². The summed E-state index contributed by atoms with van der Waals surface area (Å²) in [6.45, 7) is 9.61. The van der Waals surface area contributed by atoms with Gasteiger partial charge in [0.2, 0.25) is 5.91 Å². The second kappa shape index (κ2) is 10.2. The van der Waals surface area contributed by atoms with Crippen molar-refractivity contribution in [2.75, 3.05) is 5.32 Å². The number of hydrogen-bond acceptors (Lipinski definition) is 4. The molecular formula is C24H31N3O3. The number of aliphatic imine (C=N–C) groups is 1.